The Labute approximate surface area is 69.4 Å². The first-order valence-electron chi connectivity index (χ1n) is 4.41. The van der Waals surface area contributed by atoms with Gasteiger partial charge in [-0.1, -0.05) is 27.7 Å². The predicted octanol–water partition coefficient (Wildman–Crippen LogP) is 1.95. The Kier molecular flexibility index (Phi) is 4.16. The molecule has 1 rings (SSSR count). The maximum absolute atomic E-state index is 11.0. The Bertz CT molecular complexity index is 130. The molecule has 0 aromatic carbocycles. The maximum atomic E-state index is 11.0. The van der Waals surface area contributed by atoms with E-state index in [1.807, 2.05) is 27.7 Å². The minimum atomic E-state index is -0.113. The van der Waals surface area contributed by atoms with Crippen molar-refractivity contribution < 1.29 is 4.79 Å². The van der Waals surface area contributed by atoms with Crippen LogP contribution in [0.5, 0.6) is 0 Å². The number of amides is 1. The van der Waals surface area contributed by atoms with Gasteiger partial charge in [0.25, 0.3) is 0 Å². The zero-order valence-electron chi connectivity index (χ0n) is 8.03. The monoisotopic (exact) mass is 157 g/mol. The lowest BCUT2D eigenvalue weighted by atomic mass is 9.84. The van der Waals surface area contributed by atoms with E-state index in [2.05, 4.69) is 5.32 Å². The Balaban J connectivity index is 0.000000461. The summed E-state index contributed by atoms with van der Waals surface area (Å²) in [5, 5.41) is 2.83. The quantitative estimate of drug-likeness (QED) is 0.572. The number of carbonyl (C=O) groups excluding carboxylic acids is 1. The molecule has 1 fully saturated rings. The SMILES string of the molecule is CC.CC1(C)CCCNC1=O. The molecule has 0 unspecified atom stereocenters. The summed E-state index contributed by atoms with van der Waals surface area (Å²) >= 11 is 0. The normalized spacial score (nSPS) is 21.3. The van der Waals surface area contributed by atoms with Crippen LogP contribution in [0, 0.1) is 5.41 Å². The highest BCUT2D eigenvalue weighted by atomic mass is 16.2. The Morgan fingerprint density at radius 1 is 1.36 bits per heavy atom. The molecule has 11 heavy (non-hydrogen) atoms. The molecule has 0 aromatic heterocycles. The van der Waals surface area contributed by atoms with E-state index in [4.69, 9.17) is 0 Å². The van der Waals surface area contributed by atoms with Crippen LogP contribution in [0.4, 0.5) is 0 Å². The summed E-state index contributed by atoms with van der Waals surface area (Å²) in [6.45, 7) is 8.84. The Hall–Kier alpha value is -0.530. The molecule has 1 heterocycles. The van der Waals surface area contributed by atoms with Crippen molar-refractivity contribution in [3.8, 4) is 0 Å². The van der Waals surface area contributed by atoms with E-state index in [1.54, 1.807) is 0 Å². The fourth-order valence-corrected chi connectivity index (χ4v) is 1.09. The minimum Gasteiger partial charge on any atom is -0.356 e. The van der Waals surface area contributed by atoms with Crippen molar-refractivity contribution in [3.63, 3.8) is 0 Å². The van der Waals surface area contributed by atoms with Gasteiger partial charge in [-0.3, -0.25) is 4.79 Å². The van der Waals surface area contributed by atoms with E-state index < -0.39 is 0 Å². The van der Waals surface area contributed by atoms with E-state index in [0.29, 0.717) is 0 Å². The fourth-order valence-electron chi connectivity index (χ4n) is 1.09. The second kappa shape index (κ2) is 4.37. The lowest BCUT2D eigenvalue weighted by Crippen LogP contribution is -2.42. The number of rotatable bonds is 0. The van der Waals surface area contributed by atoms with Crippen molar-refractivity contribution in [3.05, 3.63) is 0 Å². The third-order valence-corrected chi connectivity index (χ3v) is 1.88. The van der Waals surface area contributed by atoms with Crippen molar-refractivity contribution in [1.29, 1.82) is 0 Å². The zero-order chi connectivity index (χ0) is 8.91. The van der Waals surface area contributed by atoms with E-state index >= 15 is 0 Å². The summed E-state index contributed by atoms with van der Waals surface area (Å²) in [6.07, 6.45) is 2.15. The number of hydrogen-bond acceptors (Lipinski definition) is 1. The summed E-state index contributed by atoms with van der Waals surface area (Å²) in [6, 6.07) is 0. The van der Waals surface area contributed by atoms with E-state index in [1.165, 1.54) is 0 Å². The van der Waals surface area contributed by atoms with Crippen molar-refractivity contribution in [2.45, 2.75) is 40.5 Å². The molecule has 0 aromatic rings. The zero-order valence-corrected chi connectivity index (χ0v) is 8.03. The van der Waals surface area contributed by atoms with Crippen LogP contribution in [-0.2, 0) is 4.79 Å². The van der Waals surface area contributed by atoms with Gasteiger partial charge in [-0.2, -0.15) is 0 Å². The summed E-state index contributed by atoms with van der Waals surface area (Å²) in [5.41, 5.74) is -0.113. The highest BCUT2D eigenvalue weighted by Gasteiger charge is 2.29. The largest absolute Gasteiger partial charge is 0.356 e. The van der Waals surface area contributed by atoms with Crippen molar-refractivity contribution in [2.75, 3.05) is 6.54 Å². The highest BCUT2D eigenvalue weighted by molar-refractivity contribution is 5.82. The maximum Gasteiger partial charge on any atom is 0.225 e. The van der Waals surface area contributed by atoms with Gasteiger partial charge in [0.2, 0.25) is 5.91 Å². The summed E-state index contributed by atoms with van der Waals surface area (Å²) in [4.78, 5) is 11.0. The lowest BCUT2D eigenvalue weighted by molar-refractivity contribution is -0.131. The van der Waals surface area contributed by atoms with Crippen molar-refractivity contribution in [1.82, 2.24) is 5.32 Å². The van der Waals surface area contributed by atoms with Gasteiger partial charge >= 0.3 is 0 Å². The number of nitrogens with one attached hydrogen (secondary N) is 1. The van der Waals surface area contributed by atoms with Gasteiger partial charge in [0.1, 0.15) is 0 Å². The molecular formula is C9H19NO. The molecular weight excluding hydrogens is 138 g/mol. The predicted molar refractivity (Wildman–Crippen MR) is 47.4 cm³/mol. The third kappa shape index (κ3) is 2.91. The van der Waals surface area contributed by atoms with Gasteiger partial charge in [-0.15, -0.1) is 0 Å². The number of carbonyl (C=O) groups is 1. The molecule has 1 saturated heterocycles. The van der Waals surface area contributed by atoms with Gasteiger partial charge in [-0.05, 0) is 12.8 Å². The smallest absolute Gasteiger partial charge is 0.225 e. The molecule has 0 radical (unpaired) electrons. The fraction of sp³-hybridized carbons (Fsp3) is 0.889. The molecule has 1 aliphatic heterocycles. The van der Waals surface area contributed by atoms with Crippen molar-refractivity contribution >= 4 is 5.91 Å². The first kappa shape index (κ1) is 10.5. The first-order valence-corrected chi connectivity index (χ1v) is 4.41. The van der Waals surface area contributed by atoms with Crippen LogP contribution in [0.2, 0.25) is 0 Å². The Morgan fingerprint density at radius 3 is 2.18 bits per heavy atom. The van der Waals surface area contributed by atoms with E-state index in [0.717, 1.165) is 19.4 Å². The van der Waals surface area contributed by atoms with Gasteiger partial charge in [-0.25, -0.2) is 0 Å². The first-order chi connectivity index (χ1) is 5.13. The molecule has 66 valence electrons. The Morgan fingerprint density at radius 2 is 1.91 bits per heavy atom. The van der Waals surface area contributed by atoms with E-state index in [9.17, 15) is 4.79 Å². The highest BCUT2D eigenvalue weighted by Crippen LogP contribution is 2.24. The van der Waals surface area contributed by atoms with Crippen LogP contribution in [-0.4, -0.2) is 12.5 Å². The molecule has 2 nitrogen and oxygen atoms in total. The van der Waals surface area contributed by atoms with Crippen LogP contribution < -0.4 is 5.32 Å². The summed E-state index contributed by atoms with van der Waals surface area (Å²) in [5.74, 6) is 0.203. The molecule has 2 heteroatoms. The number of piperidine rings is 1. The molecule has 0 aliphatic carbocycles. The van der Waals surface area contributed by atoms with E-state index in [-0.39, 0.29) is 11.3 Å². The minimum absolute atomic E-state index is 0.113. The average molecular weight is 157 g/mol. The topological polar surface area (TPSA) is 29.1 Å². The molecule has 0 atom stereocenters. The third-order valence-electron chi connectivity index (χ3n) is 1.88. The summed E-state index contributed by atoms with van der Waals surface area (Å²) < 4.78 is 0. The lowest BCUT2D eigenvalue weighted by Gasteiger charge is -2.27. The van der Waals surface area contributed by atoms with Crippen LogP contribution in [0.15, 0.2) is 0 Å². The molecule has 0 saturated carbocycles. The van der Waals surface area contributed by atoms with Gasteiger partial charge in [0, 0.05) is 12.0 Å². The van der Waals surface area contributed by atoms with Crippen LogP contribution in [0.1, 0.15) is 40.5 Å². The number of hydrogen-bond donors (Lipinski definition) is 1. The standard InChI is InChI=1S/C7H13NO.C2H6/c1-7(2)4-3-5-8-6(7)9;1-2/h3-5H2,1-2H3,(H,8,9);1-2H3. The molecule has 0 spiro atoms. The van der Waals surface area contributed by atoms with Gasteiger partial charge < -0.3 is 5.32 Å². The van der Waals surface area contributed by atoms with Crippen LogP contribution in [0.3, 0.4) is 0 Å². The van der Waals surface area contributed by atoms with Gasteiger partial charge in [0.05, 0.1) is 0 Å². The van der Waals surface area contributed by atoms with Gasteiger partial charge in [0.15, 0.2) is 0 Å². The second-order valence-electron chi connectivity index (χ2n) is 3.24. The molecule has 0 bridgehead atoms. The van der Waals surface area contributed by atoms with Crippen LogP contribution in [0.25, 0.3) is 0 Å². The molecule has 1 N–H and O–H groups in total. The molecule has 1 amide bonds. The second-order valence-corrected chi connectivity index (χ2v) is 3.24. The van der Waals surface area contributed by atoms with Crippen molar-refractivity contribution in [2.24, 2.45) is 5.41 Å². The molecule has 1 aliphatic rings. The summed E-state index contributed by atoms with van der Waals surface area (Å²) in [7, 11) is 0. The average Bonchev–Trinajstić information content (AvgIpc) is 2.00. The van der Waals surface area contributed by atoms with Crippen LogP contribution >= 0.6 is 0 Å².